The second-order valence-corrected chi connectivity index (χ2v) is 5.06. The van der Waals surface area contributed by atoms with Crippen LogP contribution in [0.5, 0.6) is 11.5 Å². The van der Waals surface area contributed by atoms with Gasteiger partial charge in [-0.2, -0.15) is 8.42 Å². The van der Waals surface area contributed by atoms with Crippen LogP contribution in [0.25, 0.3) is 0 Å². The van der Waals surface area contributed by atoms with Crippen LogP contribution in [0.4, 0.5) is 0 Å². The summed E-state index contributed by atoms with van der Waals surface area (Å²) in [5.74, 6) is 1.03. The molecule has 7 heteroatoms. The fourth-order valence-corrected chi connectivity index (χ4v) is 1.88. The predicted octanol–water partition coefficient (Wildman–Crippen LogP) is 1.36. The third kappa shape index (κ3) is 7.23. The van der Waals surface area contributed by atoms with E-state index in [4.69, 9.17) is 14.0 Å². The van der Waals surface area contributed by atoms with E-state index >= 15 is 0 Å². The molecule has 18 heavy (non-hydrogen) atoms. The van der Waals surface area contributed by atoms with Crippen LogP contribution in [-0.4, -0.2) is 62.0 Å². The molecule has 1 radical (unpaired) electrons. The quantitative estimate of drug-likeness (QED) is 0.465. The van der Waals surface area contributed by atoms with E-state index in [1.807, 2.05) is 12.1 Å². The molecule has 0 saturated carbocycles. The minimum absolute atomic E-state index is 0. The topological polar surface area (TPSA) is 72.8 Å². The Hall–Kier alpha value is -0.270. The summed E-state index contributed by atoms with van der Waals surface area (Å²) in [6.07, 6.45) is 0.922. The molecule has 1 N–H and O–H groups in total. The molecule has 0 unspecified atom stereocenters. The summed E-state index contributed by atoms with van der Waals surface area (Å²) in [6, 6.07) is 7.23. The molecule has 1 aromatic rings. The molecule has 0 bridgehead atoms. The number of unbranched alkanes of at least 4 members (excludes halogenated alkanes) is 1. The van der Waals surface area contributed by atoms with Gasteiger partial charge in [-0.05, 0) is 25.0 Å². The SMILES string of the molecule is COc1ccccc1OCCCCS(=O)(=O)O.[Na]. The summed E-state index contributed by atoms with van der Waals surface area (Å²) < 4.78 is 40.0. The largest absolute Gasteiger partial charge is 0.493 e. The van der Waals surface area contributed by atoms with Gasteiger partial charge in [0.15, 0.2) is 11.5 Å². The van der Waals surface area contributed by atoms with Crippen LogP contribution < -0.4 is 9.47 Å². The third-order valence-corrected chi connectivity index (χ3v) is 2.93. The smallest absolute Gasteiger partial charge is 0.264 e. The van der Waals surface area contributed by atoms with Crippen molar-refractivity contribution in [2.24, 2.45) is 0 Å². The Kier molecular flexibility index (Phi) is 8.64. The van der Waals surface area contributed by atoms with Gasteiger partial charge in [-0.3, -0.25) is 4.55 Å². The first-order chi connectivity index (χ1) is 8.03. The molecule has 0 aliphatic carbocycles. The van der Waals surface area contributed by atoms with Gasteiger partial charge >= 0.3 is 0 Å². The third-order valence-electron chi connectivity index (χ3n) is 2.12. The van der Waals surface area contributed by atoms with Crippen molar-refractivity contribution in [2.45, 2.75) is 12.8 Å². The second-order valence-electron chi connectivity index (χ2n) is 3.49. The van der Waals surface area contributed by atoms with Crippen molar-refractivity contribution in [3.63, 3.8) is 0 Å². The van der Waals surface area contributed by atoms with Crippen molar-refractivity contribution in [1.82, 2.24) is 0 Å². The molecule has 0 aromatic heterocycles. The number of para-hydroxylation sites is 2. The second kappa shape index (κ2) is 8.77. The van der Waals surface area contributed by atoms with Gasteiger partial charge in [-0.1, -0.05) is 12.1 Å². The summed E-state index contributed by atoms with van der Waals surface area (Å²) in [4.78, 5) is 0. The Labute approximate surface area is 130 Å². The molecular formula is C11H16NaO5S. The molecule has 5 nitrogen and oxygen atoms in total. The molecule has 0 fully saturated rings. The van der Waals surface area contributed by atoms with Gasteiger partial charge in [-0.15, -0.1) is 0 Å². The Morgan fingerprint density at radius 1 is 1.17 bits per heavy atom. The van der Waals surface area contributed by atoms with Crippen LogP contribution in [0.15, 0.2) is 24.3 Å². The molecule has 0 amide bonds. The molecule has 0 aliphatic rings. The molecule has 0 heterocycles. The molecule has 0 aliphatic heterocycles. The average molecular weight is 283 g/mol. The van der Waals surface area contributed by atoms with Gasteiger partial charge in [0.05, 0.1) is 19.5 Å². The normalized spacial score (nSPS) is 10.6. The van der Waals surface area contributed by atoms with Crippen molar-refractivity contribution < 1.29 is 22.4 Å². The number of benzene rings is 1. The first-order valence-electron chi connectivity index (χ1n) is 5.24. The summed E-state index contributed by atoms with van der Waals surface area (Å²) in [7, 11) is -2.31. The van der Waals surface area contributed by atoms with Gasteiger partial charge in [-0.25, -0.2) is 0 Å². The van der Waals surface area contributed by atoms with E-state index in [1.54, 1.807) is 19.2 Å². The molecule has 0 atom stereocenters. The van der Waals surface area contributed by atoms with E-state index in [1.165, 1.54) is 0 Å². The average Bonchev–Trinajstić information content (AvgIpc) is 2.27. The number of hydrogen-bond donors (Lipinski definition) is 1. The van der Waals surface area contributed by atoms with Crippen LogP contribution in [0.3, 0.4) is 0 Å². The summed E-state index contributed by atoms with van der Waals surface area (Å²) >= 11 is 0. The van der Waals surface area contributed by atoms with E-state index in [2.05, 4.69) is 0 Å². The van der Waals surface area contributed by atoms with Crippen molar-refractivity contribution in [3.8, 4) is 11.5 Å². The van der Waals surface area contributed by atoms with Crippen molar-refractivity contribution in [2.75, 3.05) is 19.5 Å². The van der Waals surface area contributed by atoms with E-state index in [0.29, 0.717) is 30.9 Å². The van der Waals surface area contributed by atoms with Crippen molar-refractivity contribution >= 4 is 39.7 Å². The predicted molar refractivity (Wildman–Crippen MR) is 69.9 cm³/mol. The van der Waals surface area contributed by atoms with Crippen molar-refractivity contribution in [3.05, 3.63) is 24.3 Å². The molecule has 1 rings (SSSR count). The number of methoxy groups -OCH3 is 1. The van der Waals surface area contributed by atoms with Crippen LogP contribution in [0.2, 0.25) is 0 Å². The number of rotatable bonds is 7. The van der Waals surface area contributed by atoms with Gasteiger partial charge in [0.1, 0.15) is 0 Å². The van der Waals surface area contributed by atoms with E-state index in [-0.39, 0.29) is 35.3 Å². The Balaban J connectivity index is 0.00000289. The monoisotopic (exact) mass is 283 g/mol. The standard InChI is InChI=1S/C11H16O5S.Na/c1-15-10-6-2-3-7-11(10)16-8-4-5-9-17(12,13)14;/h2-3,6-7H,4-5,8-9H2,1H3,(H,12,13,14);. The Morgan fingerprint density at radius 3 is 2.33 bits per heavy atom. The van der Waals surface area contributed by atoms with E-state index in [9.17, 15) is 8.42 Å². The Bertz CT molecular complexity index is 447. The maximum absolute atomic E-state index is 10.5. The van der Waals surface area contributed by atoms with Gasteiger partial charge in [0, 0.05) is 29.6 Å². The number of ether oxygens (including phenoxy) is 2. The van der Waals surface area contributed by atoms with Gasteiger partial charge in [0.25, 0.3) is 10.1 Å². The van der Waals surface area contributed by atoms with Crippen LogP contribution in [0, 0.1) is 0 Å². The van der Waals surface area contributed by atoms with Crippen LogP contribution in [0.1, 0.15) is 12.8 Å². The van der Waals surface area contributed by atoms with Crippen LogP contribution >= 0.6 is 0 Å². The summed E-state index contributed by atoms with van der Waals surface area (Å²) in [6.45, 7) is 0.385. The molecule has 0 saturated heterocycles. The summed E-state index contributed by atoms with van der Waals surface area (Å²) in [5, 5.41) is 0. The van der Waals surface area contributed by atoms with Crippen molar-refractivity contribution in [1.29, 1.82) is 0 Å². The van der Waals surface area contributed by atoms with Gasteiger partial charge in [0.2, 0.25) is 0 Å². The zero-order valence-electron chi connectivity index (χ0n) is 10.6. The first kappa shape index (κ1) is 17.7. The maximum atomic E-state index is 10.5. The first-order valence-corrected chi connectivity index (χ1v) is 6.85. The van der Waals surface area contributed by atoms with E-state index < -0.39 is 10.1 Å². The fraction of sp³-hybridized carbons (Fsp3) is 0.455. The molecule has 0 spiro atoms. The minimum atomic E-state index is -3.86. The van der Waals surface area contributed by atoms with Crippen LogP contribution in [-0.2, 0) is 10.1 Å². The van der Waals surface area contributed by atoms with Gasteiger partial charge < -0.3 is 9.47 Å². The zero-order chi connectivity index (χ0) is 12.7. The maximum Gasteiger partial charge on any atom is 0.264 e. The fourth-order valence-electron chi connectivity index (χ4n) is 1.31. The summed E-state index contributed by atoms with van der Waals surface area (Å²) in [5.41, 5.74) is 0. The minimum Gasteiger partial charge on any atom is -0.493 e. The molecular weight excluding hydrogens is 267 g/mol. The number of hydrogen-bond acceptors (Lipinski definition) is 4. The zero-order valence-corrected chi connectivity index (χ0v) is 13.4. The van der Waals surface area contributed by atoms with E-state index in [0.717, 1.165) is 0 Å². The molecule has 1 aromatic carbocycles. The Morgan fingerprint density at radius 2 is 1.78 bits per heavy atom. The molecule has 97 valence electrons.